The van der Waals surface area contributed by atoms with Crippen LogP contribution in [-0.2, 0) is 11.0 Å². The molecule has 0 saturated carbocycles. The average Bonchev–Trinajstić information content (AvgIpc) is 2.24. The van der Waals surface area contributed by atoms with Crippen LogP contribution in [0.4, 0.5) is 19.0 Å². The van der Waals surface area contributed by atoms with Crippen molar-refractivity contribution in [3.8, 4) is 0 Å². The Kier molecular flexibility index (Phi) is 3.95. The van der Waals surface area contributed by atoms with E-state index in [-0.39, 0.29) is 5.82 Å². The number of hydrogen-bond acceptors (Lipinski definition) is 3. The van der Waals surface area contributed by atoms with Crippen LogP contribution in [0.3, 0.4) is 0 Å². The number of carbonyl (C=O) groups excluding carboxylic acids is 1. The molecule has 0 unspecified atom stereocenters. The monoisotopic (exact) mass is 265 g/mol. The number of nitrogens with one attached hydrogen (secondary N) is 2. The molecule has 1 heterocycles. The van der Waals surface area contributed by atoms with Crippen molar-refractivity contribution in [2.45, 2.75) is 6.18 Å². The summed E-state index contributed by atoms with van der Waals surface area (Å²) in [6, 6.07) is 1.80. The van der Waals surface area contributed by atoms with Gasteiger partial charge in [-0.25, -0.2) is 4.98 Å². The Labute approximate surface area is 99.5 Å². The predicted molar refractivity (Wildman–Crippen MR) is 56.2 cm³/mol. The Balaban J connectivity index is 2.82. The zero-order chi connectivity index (χ0) is 13.1. The van der Waals surface area contributed by atoms with E-state index in [1.165, 1.54) is 0 Å². The molecule has 0 aliphatic rings. The van der Waals surface area contributed by atoms with Gasteiger partial charge in [0.25, 0.3) is 5.91 Å². The second-order valence-corrected chi connectivity index (χ2v) is 3.21. The first-order valence-electron chi connectivity index (χ1n) is 4.26. The van der Waals surface area contributed by atoms with E-state index in [1.807, 2.05) is 0 Å². The Morgan fingerprint density at radius 2 is 2.12 bits per heavy atom. The van der Waals surface area contributed by atoms with E-state index in [0.29, 0.717) is 0 Å². The third kappa shape index (κ3) is 3.63. The number of hydrogen-bond donors (Lipinski definition) is 2. The zero-order valence-corrected chi connectivity index (χ0v) is 9.06. The van der Waals surface area contributed by atoms with Crippen molar-refractivity contribution in [1.82, 2.24) is 10.4 Å². The topological polar surface area (TPSA) is 54.0 Å². The van der Waals surface area contributed by atoms with Gasteiger partial charge in [-0.15, -0.1) is 0 Å². The molecule has 2 N–H and O–H groups in total. The first kappa shape index (κ1) is 13.3. The normalized spacial score (nSPS) is 10.8. The van der Waals surface area contributed by atoms with E-state index >= 15 is 0 Å². The molecule has 8 heteroatoms. The van der Waals surface area contributed by atoms with Crippen LogP contribution in [0, 0.1) is 0 Å². The molecule has 92 valence electrons. The van der Waals surface area contributed by atoms with Crippen molar-refractivity contribution in [1.29, 1.82) is 0 Å². The maximum atomic E-state index is 12.3. The van der Waals surface area contributed by atoms with Gasteiger partial charge in [0.1, 0.15) is 11.0 Å². The number of aromatic nitrogens is 1. The molecule has 0 aliphatic heterocycles. The highest BCUT2D eigenvalue weighted by Gasteiger charge is 2.33. The molecule has 0 saturated heterocycles. The van der Waals surface area contributed by atoms with Crippen molar-refractivity contribution in [2.24, 2.45) is 0 Å². The Bertz CT molecular complexity index is 448. The summed E-state index contributed by atoms with van der Waals surface area (Å²) < 4.78 is 37.0. The molecule has 1 amide bonds. The van der Waals surface area contributed by atoms with Gasteiger partial charge in [0, 0.05) is 0 Å². The van der Waals surface area contributed by atoms with Crippen LogP contribution in [0.2, 0.25) is 5.15 Å². The van der Waals surface area contributed by atoms with E-state index in [2.05, 4.69) is 22.4 Å². The molecule has 1 aromatic rings. The molecule has 1 rings (SSSR count). The maximum absolute atomic E-state index is 12.3. The van der Waals surface area contributed by atoms with E-state index in [9.17, 15) is 18.0 Å². The van der Waals surface area contributed by atoms with Crippen LogP contribution >= 0.6 is 11.6 Å². The summed E-state index contributed by atoms with van der Waals surface area (Å²) in [6.07, 6.45) is -3.58. The molecule has 0 fully saturated rings. The summed E-state index contributed by atoms with van der Waals surface area (Å²) in [4.78, 5) is 14.2. The molecule has 0 aromatic carbocycles. The minimum atomic E-state index is -4.56. The summed E-state index contributed by atoms with van der Waals surface area (Å²) in [6.45, 7) is 3.19. The van der Waals surface area contributed by atoms with Crippen molar-refractivity contribution < 1.29 is 18.0 Å². The SMILES string of the molecule is C=CC(=O)NNc1ccc(C(F)(F)F)c(Cl)n1. The van der Waals surface area contributed by atoms with Crippen LogP contribution < -0.4 is 10.9 Å². The standard InChI is InChI=1S/C9H7ClF3N3O/c1-2-7(17)16-15-6-4-3-5(8(10)14-6)9(11,12)13/h2-4H,1H2,(H,14,15)(H,16,17). The van der Waals surface area contributed by atoms with Crippen LogP contribution in [0.15, 0.2) is 24.8 Å². The second kappa shape index (κ2) is 5.05. The second-order valence-electron chi connectivity index (χ2n) is 2.85. The third-order valence-corrected chi connectivity index (χ3v) is 1.94. The van der Waals surface area contributed by atoms with Gasteiger partial charge in [0.15, 0.2) is 0 Å². The highest BCUT2D eigenvalue weighted by Crippen LogP contribution is 2.33. The summed E-state index contributed by atoms with van der Waals surface area (Å²) >= 11 is 5.36. The van der Waals surface area contributed by atoms with Gasteiger partial charge < -0.3 is 0 Å². The van der Waals surface area contributed by atoms with E-state index in [4.69, 9.17) is 11.6 Å². The number of pyridine rings is 1. The molecular weight excluding hydrogens is 259 g/mol. The van der Waals surface area contributed by atoms with Crippen molar-refractivity contribution >= 4 is 23.3 Å². The smallest absolute Gasteiger partial charge is 0.282 e. The lowest BCUT2D eigenvalue weighted by atomic mass is 10.3. The Morgan fingerprint density at radius 3 is 2.59 bits per heavy atom. The summed E-state index contributed by atoms with van der Waals surface area (Å²) in [7, 11) is 0. The summed E-state index contributed by atoms with van der Waals surface area (Å²) in [5.41, 5.74) is 3.36. The lowest BCUT2D eigenvalue weighted by molar-refractivity contribution is -0.137. The number of hydrazine groups is 1. The fraction of sp³-hybridized carbons (Fsp3) is 0.111. The molecular formula is C9H7ClF3N3O. The highest BCUT2D eigenvalue weighted by atomic mass is 35.5. The molecule has 1 aromatic heterocycles. The van der Waals surface area contributed by atoms with Gasteiger partial charge in [-0.05, 0) is 18.2 Å². The highest BCUT2D eigenvalue weighted by molar-refractivity contribution is 6.30. The summed E-state index contributed by atoms with van der Waals surface area (Å²) in [5.74, 6) is -0.568. The third-order valence-electron chi connectivity index (χ3n) is 1.65. The molecule has 0 bridgehead atoms. The average molecular weight is 266 g/mol. The molecule has 17 heavy (non-hydrogen) atoms. The van der Waals surface area contributed by atoms with Gasteiger partial charge in [-0.3, -0.25) is 15.6 Å². The predicted octanol–water partition coefficient (Wildman–Crippen LogP) is 2.38. The minimum Gasteiger partial charge on any atom is -0.282 e. The fourth-order valence-electron chi connectivity index (χ4n) is 0.892. The number of alkyl halides is 3. The summed E-state index contributed by atoms with van der Waals surface area (Å²) in [5, 5.41) is -0.699. The molecule has 0 spiro atoms. The van der Waals surface area contributed by atoms with Crippen molar-refractivity contribution in [2.75, 3.05) is 5.43 Å². The molecule has 0 radical (unpaired) electrons. The van der Waals surface area contributed by atoms with Gasteiger partial charge in [0.2, 0.25) is 0 Å². The van der Waals surface area contributed by atoms with E-state index in [0.717, 1.165) is 18.2 Å². The minimum absolute atomic E-state index is 0.0156. The van der Waals surface area contributed by atoms with E-state index < -0.39 is 22.8 Å². The zero-order valence-electron chi connectivity index (χ0n) is 8.31. The molecule has 0 atom stereocenters. The lowest BCUT2D eigenvalue weighted by Gasteiger charge is -2.10. The van der Waals surface area contributed by atoms with Crippen molar-refractivity contribution in [3.05, 3.63) is 35.5 Å². The van der Waals surface area contributed by atoms with Crippen LogP contribution in [-0.4, -0.2) is 10.9 Å². The Morgan fingerprint density at radius 1 is 1.47 bits per heavy atom. The van der Waals surface area contributed by atoms with Gasteiger partial charge >= 0.3 is 6.18 Å². The van der Waals surface area contributed by atoms with Gasteiger partial charge in [0.05, 0.1) is 5.56 Å². The van der Waals surface area contributed by atoms with E-state index in [1.54, 1.807) is 0 Å². The number of carbonyl (C=O) groups is 1. The first-order valence-corrected chi connectivity index (χ1v) is 4.64. The number of nitrogens with zero attached hydrogens (tertiary/aromatic N) is 1. The van der Waals surface area contributed by atoms with Crippen LogP contribution in [0.5, 0.6) is 0 Å². The van der Waals surface area contributed by atoms with Crippen LogP contribution in [0.25, 0.3) is 0 Å². The fourth-order valence-corrected chi connectivity index (χ4v) is 1.15. The lowest BCUT2D eigenvalue weighted by Crippen LogP contribution is -2.28. The Hall–Kier alpha value is -1.76. The number of rotatable bonds is 3. The number of halogens is 4. The first-order chi connectivity index (χ1) is 7.84. The number of amides is 1. The quantitative estimate of drug-likeness (QED) is 0.501. The largest absolute Gasteiger partial charge is 0.419 e. The van der Waals surface area contributed by atoms with Crippen molar-refractivity contribution in [3.63, 3.8) is 0 Å². The number of anilines is 1. The van der Waals surface area contributed by atoms with Gasteiger partial charge in [-0.2, -0.15) is 13.2 Å². The molecule has 4 nitrogen and oxygen atoms in total. The maximum Gasteiger partial charge on any atom is 0.419 e. The molecule has 0 aliphatic carbocycles. The van der Waals surface area contributed by atoms with Crippen LogP contribution in [0.1, 0.15) is 5.56 Å². The van der Waals surface area contributed by atoms with Gasteiger partial charge in [-0.1, -0.05) is 18.2 Å².